The van der Waals surface area contributed by atoms with E-state index in [1.165, 1.54) is 0 Å². The third kappa shape index (κ3) is 6.10. The molecule has 1 amide bonds. The molecule has 0 saturated heterocycles. The number of oxazole rings is 1. The van der Waals surface area contributed by atoms with Gasteiger partial charge < -0.3 is 19.2 Å². The number of ether oxygens (including phenoxy) is 1. The molecule has 200 valence electrons. The number of benzene rings is 4. The summed E-state index contributed by atoms with van der Waals surface area (Å²) in [6.07, 6.45) is 0.578. The predicted octanol–water partition coefficient (Wildman–Crippen LogP) is 6.82. The molecule has 4 aromatic carbocycles. The number of aromatic carboxylic acids is 1. The fourth-order valence-electron chi connectivity index (χ4n) is 4.41. The smallest absolute Gasteiger partial charge is 0.336 e. The van der Waals surface area contributed by atoms with Crippen LogP contribution < -0.4 is 9.64 Å². The molecule has 40 heavy (non-hydrogen) atoms. The summed E-state index contributed by atoms with van der Waals surface area (Å²) in [7, 11) is 0. The third-order valence-electron chi connectivity index (χ3n) is 6.51. The zero-order valence-corrected chi connectivity index (χ0v) is 22.0. The second-order valence-electron chi connectivity index (χ2n) is 9.20. The Morgan fingerprint density at radius 2 is 1.50 bits per heavy atom. The Kier molecular flexibility index (Phi) is 8.02. The van der Waals surface area contributed by atoms with E-state index in [0.717, 1.165) is 17.0 Å². The minimum atomic E-state index is -1.04. The molecular formula is C33H28N2O5. The highest BCUT2D eigenvalue weighted by Gasteiger charge is 2.21. The number of carbonyl (C=O) groups is 2. The molecule has 0 fully saturated rings. The van der Waals surface area contributed by atoms with Gasteiger partial charge >= 0.3 is 5.97 Å². The van der Waals surface area contributed by atoms with E-state index in [-0.39, 0.29) is 18.0 Å². The number of hydrogen-bond acceptors (Lipinski definition) is 5. The van der Waals surface area contributed by atoms with Crippen LogP contribution in [-0.2, 0) is 13.0 Å². The summed E-state index contributed by atoms with van der Waals surface area (Å²) in [5.41, 5.74) is 3.60. The number of aryl methyl sites for hydroxylation is 1. The lowest BCUT2D eigenvalue weighted by atomic mass is 10.1. The normalized spacial score (nSPS) is 10.7. The summed E-state index contributed by atoms with van der Waals surface area (Å²) in [5.74, 6) is 0.723. The number of carbonyl (C=O) groups excluding carboxylic acids is 1. The fraction of sp³-hybridized carbons (Fsp3) is 0.121. The Balaban J connectivity index is 1.30. The first kappa shape index (κ1) is 26.4. The first-order valence-electron chi connectivity index (χ1n) is 12.9. The van der Waals surface area contributed by atoms with Crippen LogP contribution in [0.25, 0.3) is 11.5 Å². The zero-order chi connectivity index (χ0) is 27.9. The molecule has 0 aliphatic rings. The van der Waals surface area contributed by atoms with Gasteiger partial charge in [0.15, 0.2) is 0 Å². The van der Waals surface area contributed by atoms with Crippen LogP contribution in [0, 0.1) is 6.92 Å². The van der Waals surface area contributed by atoms with E-state index in [4.69, 9.17) is 9.15 Å². The quantitative estimate of drug-likeness (QED) is 0.212. The maximum absolute atomic E-state index is 13.5. The number of amides is 1. The molecule has 0 saturated carbocycles. The number of rotatable bonds is 10. The van der Waals surface area contributed by atoms with Crippen molar-refractivity contribution in [3.05, 3.63) is 137 Å². The Labute approximate surface area is 232 Å². The second kappa shape index (κ2) is 12.1. The van der Waals surface area contributed by atoms with Crippen molar-refractivity contribution in [1.82, 2.24) is 4.98 Å². The van der Waals surface area contributed by atoms with Gasteiger partial charge in [0.2, 0.25) is 5.89 Å². The highest BCUT2D eigenvalue weighted by molar-refractivity contribution is 6.06. The first-order chi connectivity index (χ1) is 19.5. The molecule has 0 radical (unpaired) electrons. The van der Waals surface area contributed by atoms with E-state index < -0.39 is 5.97 Å². The molecular weight excluding hydrogens is 504 g/mol. The van der Waals surface area contributed by atoms with Gasteiger partial charge in [0.1, 0.15) is 11.5 Å². The standard InChI is InChI=1S/C33H28N2O5/c1-23-30(34-31(40-23)24-10-4-2-5-11-24)20-21-39-28-18-16-27(17-19-28)35(32(36)25-12-6-3-7-13-25)22-26-14-8-9-15-29(26)33(37)38/h2-19H,20-22H2,1H3,(H,37,38). The summed E-state index contributed by atoms with van der Waals surface area (Å²) in [4.78, 5) is 31.5. The Morgan fingerprint density at radius 1 is 0.850 bits per heavy atom. The van der Waals surface area contributed by atoms with E-state index >= 15 is 0 Å². The van der Waals surface area contributed by atoms with Crippen LogP contribution in [0.4, 0.5) is 5.69 Å². The highest BCUT2D eigenvalue weighted by Crippen LogP contribution is 2.26. The van der Waals surface area contributed by atoms with Crippen LogP contribution >= 0.6 is 0 Å². The summed E-state index contributed by atoms with van der Waals surface area (Å²) in [5, 5.41) is 9.65. The summed E-state index contributed by atoms with van der Waals surface area (Å²) < 4.78 is 11.8. The monoisotopic (exact) mass is 532 g/mol. The second-order valence-corrected chi connectivity index (χ2v) is 9.20. The largest absolute Gasteiger partial charge is 0.493 e. The highest BCUT2D eigenvalue weighted by atomic mass is 16.5. The van der Waals surface area contributed by atoms with E-state index in [9.17, 15) is 14.7 Å². The van der Waals surface area contributed by atoms with Gasteiger partial charge in [-0.1, -0.05) is 54.6 Å². The Morgan fingerprint density at radius 3 is 2.20 bits per heavy atom. The van der Waals surface area contributed by atoms with Gasteiger partial charge in [-0.05, 0) is 67.1 Å². The molecule has 7 heteroatoms. The minimum Gasteiger partial charge on any atom is -0.493 e. The van der Waals surface area contributed by atoms with Crippen LogP contribution in [0.2, 0.25) is 0 Å². The molecule has 5 aromatic rings. The van der Waals surface area contributed by atoms with Crippen molar-refractivity contribution in [2.24, 2.45) is 0 Å². The molecule has 1 aromatic heterocycles. The summed E-state index contributed by atoms with van der Waals surface area (Å²) in [6.45, 7) is 2.40. The predicted molar refractivity (Wildman–Crippen MR) is 153 cm³/mol. The van der Waals surface area contributed by atoms with Crippen molar-refractivity contribution in [3.8, 4) is 17.2 Å². The number of carboxylic acids is 1. The van der Waals surface area contributed by atoms with E-state index in [0.29, 0.717) is 41.5 Å². The van der Waals surface area contributed by atoms with E-state index in [1.54, 1.807) is 77.7 Å². The van der Waals surface area contributed by atoms with Gasteiger partial charge in [-0.15, -0.1) is 0 Å². The molecule has 7 nitrogen and oxygen atoms in total. The average Bonchev–Trinajstić information content (AvgIpc) is 3.37. The summed E-state index contributed by atoms with van der Waals surface area (Å²) >= 11 is 0. The van der Waals surface area contributed by atoms with E-state index in [2.05, 4.69) is 4.98 Å². The van der Waals surface area contributed by atoms with Gasteiger partial charge in [-0.3, -0.25) is 4.79 Å². The maximum atomic E-state index is 13.5. The third-order valence-corrected chi connectivity index (χ3v) is 6.51. The SMILES string of the molecule is Cc1oc(-c2ccccc2)nc1CCOc1ccc(N(Cc2ccccc2C(=O)O)C(=O)c2ccccc2)cc1. The zero-order valence-electron chi connectivity index (χ0n) is 22.0. The molecule has 1 N–H and O–H groups in total. The van der Waals surface area contributed by atoms with Gasteiger partial charge in [-0.25, -0.2) is 9.78 Å². The molecule has 0 aliphatic heterocycles. The number of nitrogens with zero attached hydrogens (tertiary/aromatic N) is 2. The van der Waals surface area contributed by atoms with Crippen LogP contribution in [0.15, 0.2) is 114 Å². The van der Waals surface area contributed by atoms with Crippen LogP contribution in [0.1, 0.15) is 37.7 Å². The number of hydrogen-bond donors (Lipinski definition) is 1. The maximum Gasteiger partial charge on any atom is 0.336 e. The van der Waals surface area contributed by atoms with Crippen LogP contribution in [0.5, 0.6) is 5.75 Å². The molecule has 5 rings (SSSR count). The van der Waals surface area contributed by atoms with Crippen molar-refractivity contribution in [2.75, 3.05) is 11.5 Å². The number of carboxylic acid groups (broad SMARTS) is 1. The Hall–Kier alpha value is -5.17. The van der Waals surface area contributed by atoms with Crippen LogP contribution in [-0.4, -0.2) is 28.6 Å². The lowest BCUT2D eigenvalue weighted by Crippen LogP contribution is -2.31. The van der Waals surface area contributed by atoms with Crippen molar-refractivity contribution < 1.29 is 23.8 Å². The minimum absolute atomic E-state index is 0.103. The average molecular weight is 533 g/mol. The summed E-state index contributed by atoms with van der Waals surface area (Å²) in [6, 6.07) is 32.6. The number of anilines is 1. The van der Waals surface area contributed by atoms with Crippen molar-refractivity contribution in [3.63, 3.8) is 0 Å². The molecule has 1 heterocycles. The molecule has 0 bridgehead atoms. The lowest BCUT2D eigenvalue weighted by molar-refractivity contribution is 0.0695. The molecule has 0 aliphatic carbocycles. The lowest BCUT2D eigenvalue weighted by Gasteiger charge is -2.24. The van der Waals surface area contributed by atoms with Gasteiger partial charge in [0.25, 0.3) is 5.91 Å². The van der Waals surface area contributed by atoms with Crippen molar-refractivity contribution >= 4 is 17.6 Å². The molecule has 0 atom stereocenters. The van der Waals surface area contributed by atoms with Crippen molar-refractivity contribution in [1.29, 1.82) is 0 Å². The van der Waals surface area contributed by atoms with Crippen molar-refractivity contribution in [2.45, 2.75) is 19.9 Å². The van der Waals surface area contributed by atoms with Gasteiger partial charge in [0, 0.05) is 23.2 Å². The van der Waals surface area contributed by atoms with Crippen LogP contribution in [0.3, 0.4) is 0 Å². The first-order valence-corrected chi connectivity index (χ1v) is 12.9. The molecule has 0 spiro atoms. The van der Waals surface area contributed by atoms with E-state index in [1.807, 2.05) is 43.3 Å². The molecule has 0 unspecified atom stereocenters. The van der Waals surface area contributed by atoms with Gasteiger partial charge in [0.05, 0.1) is 24.4 Å². The topological polar surface area (TPSA) is 92.9 Å². The number of aromatic nitrogens is 1. The Bertz CT molecular complexity index is 1600. The fourth-order valence-corrected chi connectivity index (χ4v) is 4.41. The van der Waals surface area contributed by atoms with Gasteiger partial charge in [-0.2, -0.15) is 0 Å².